The van der Waals surface area contributed by atoms with E-state index >= 15 is 0 Å². The Kier molecular flexibility index (Phi) is 10.3. The van der Waals surface area contributed by atoms with Crippen molar-refractivity contribution in [1.29, 1.82) is 0 Å². The molecule has 5 nitrogen and oxygen atoms in total. The average Bonchev–Trinajstić information content (AvgIpc) is 3.48. The van der Waals surface area contributed by atoms with Crippen molar-refractivity contribution in [3.05, 3.63) is 29.6 Å². The first-order valence-corrected chi connectivity index (χ1v) is 14.1. The largest absolute Gasteiger partial charge is 0.463 e. The molecule has 1 aromatic carbocycles. The first kappa shape index (κ1) is 27.8. The summed E-state index contributed by atoms with van der Waals surface area (Å²) in [6, 6.07) is 4.16. The van der Waals surface area contributed by atoms with Gasteiger partial charge in [0.1, 0.15) is 10.7 Å². The normalized spacial score (nSPS) is 21.0. The second-order valence-corrected chi connectivity index (χ2v) is 12.1. The van der Waals surface area contributed by atoms with Crippen molar-refractivity contribution in [2.24, 2.45) is 29.6 Å². The highest BCUT2D eigenvalue weighted by atomic mass is 32.2. The van der Waals surface area contributed by atoms with Gasteiger partial charge in [-0.3, -0.25) is 4.79 Å². The van der Waals surface area contributed by atoms with E-state index in [0.717, 1.165) is 31.9 Å². The van der Waals surface area contributed by atoms with Crippen LogP contribution < -0.4 is 0 Å². The van der Waals surface area contributed by atoms with E-state index in [9.17, 15) is 17.6 Å². The van der Waals surface area contributed by atoms with Crippen LogP contribution in [0.2, 0.25) is 0 Å². The van der Waals surface area contributed by atoms with Crippen molar-refractivity contribution >= 4 is 15.8 Å². The fourth-order valence-electron chi connectivity index (χ4n) is 4.55. The molecule has 0 spiro atoms. The zero-order valence-corrected chi connectivity index (χ0v) is 21.8. The van der Waals surface area contributed by atoms with Gasteiger partial charge in [0.15, 0.2) is 9.84 Å². The fourth-order valence-corrected chi connectivity index (χ4v) is 5.27. The molecule has 1 aliphatic rings. The number of ether oxygens (including phenoxy) is 2. The fraction of sp³-hybridized carbons (Fsp3) is 0.731. The minimum Gasteiger partial charge on any atom is -0.463 e. The lowest BCUT2D eigenvalue weighted by molar-refractivity contribution is -0.153. The quantitative estimate of drug-likeness (QED) is 0.312. The highest BCUT2D eigenvalue weighted by Crippen LogP contribution is 2.48. The summed E-state index contributed by atoms with van der Waals surface area (Å²) in [6.45, 7) is 11.0. The lowest BCUT2D eigenvalue weighted by atomic mass is 9.84. The van der Waals surface area contributed by atoms with Gasteiger partial charge in [0.2, 0.25) is 0 Å². The third kappa shape index (κ3) is 8.67. The minimum absolute atomic E-state index is 0.0821. The van der Waals surface area contributed by atoms with E-state index in [0.29, 0.717) is 29.9 Å². The molecule has 0 radical (unpaired) electrons. The number of hydrogen-bond acceptors (Lipinski definition) is 5. The van der Waals surface area contributed by atoms with Gasteiger partial charge in [-0.2, -0.15) is 0 Å². The third-order valence-corrected chi connectivity index (χ3v) is 7.94. The molecule has 0 bridgehead atoms. The van der Waals surface area contributed by atoms with Crippen LogP contribution >= 0.6 is 0 Å². The summed E-state index contributed by atoms with van der Waals surface area (Å²) < 4.78 is 48.3. The number of rotatable bonds is 14. The van der Waals surface area contributed by atoms with Gasteiger partial charge in [0.25, 0.3) is 0 Å². The molecule has 0 saturated heterocycles. The molecule has 1 fully saturated rings. The summed E-state index contributed by atoms with van der Waals surface area (Å²) in [4.78, 5) is 11.9. The second kappa shape index (κ2) is 12.3. The van der Waals surface area contributed by atoms with Crippen LogP contribution in [0.5, 0.6) is 0 Å². The summed E-state index contributed by atoms with van der Waals surface area (Å²) in [6.07, 6.45) is 6.49. The van der Waals surface area contributed by atoms with Crippen LogP contribution in [0.15, 0.2) is 23.1 Å². The molecule has 0 amide bonds. The molecule has 33 heavy (non-hydrogen) atoms. The SMILES string of the molecule is CCCC(CCC(C)C(C)C(=O)OC(C)C)C1CC1COCc1ccc(S(C)(=O)=O)c(F)c1. The van der Waals surface area contributed by atoms with Gasteiger partial charge in [-0.1, -0.05) is 39.7 Å². The van der Waals surface area contributed by atoms with Crippen molar-refractivity contribution in [2.45, 2.75) is 84.3 Å². The number of esters is 1. The summed E-state index contributed by atoms with van der Waals surface area (Å²) in [5.41, 5.74) is 0.637. The zero-order valence-electron chi connectivity index (χ0n) is 21.0. The molecule has 1 saturated carbocycles. The van der Waals surface area contributed by atoms with E-state index in [4.69, 9.17) is 9.47 Å². The number of sulfone groups is 1. The summed E-state index contributed by atoms with van der Waals surface area (Å²) in [5.74, 6) is 1.14. The molecular weight excluding hydrogens is 443 g/mol. The summed E-state index contributed by atoms with van der Waals surface area (Å²) in [5, 5.41) is 0. The van der Waals surface area contributed by atoms with Crippen LogP contribution in [-0.2, 0) is 30.7 Å². The van der Waals surface area contributed by atoms with Crippen LogP contribution in [0.3, 0.4) is 0 Å². The van der Waals surface area contributed by atoms with Crippen molar-refractivity contribution in [1.82, 2.24) is 0 Å². The zero-order chi connectivity index (χ0) is 24.8. The topological polar surface area (TPSA) is 69.7 Å². The van der Waals surface area contributed by atoms with Crippen LogP contribution in [0.1, 0.15) is 72.3 Å². The highest BCUT2D eigenvalue weighted by molar-refractivity contribution is 7.90. The van der Waals surface area contributed by atoms with E-state index in [-0.39, 0.29) is 35.4 Å². The maximum atomic E-state index is 14.1. The summed E-state index contributed by atoms with van der Waals surface area (Å²) >= 11 is 0. The Labute approximate surface area is 199 Å². The van der Waals surface area contributed by atoms with Crippen molar-refractivity contribution in [3.63, 3.8) is 0 Å². The van der Waals surface area contributed by atoms with E-state index < -0.39 is 15.7 Å². The number of halogens is 1. The average molecular weight is 485 g/mol. The molecular formula is C26H41FO5S. The van der Waals surface area contributed by atoms with E-state index in [1.54, 1.807) is 6.07 Å². The van der Waals surface area contributed by atoms with Crippen LogP contribution in [0.4, 0.5) is 4.39 Å². The van der Waals surface area contributed by atoms with E-state index in [1.165, 1.54) is 18.6 Å². The molecule has 0 aliphatic heterocycles. The van der Waals surface area contributed by atoms with Crippen molar-refractivity contribution in [3.8, 4) is 0 Å². The lowest BCUT2D eigenvalue weighted by Crippen LogP contribution is -2.24. The Bertz CT molecular complexity index is 883. The Morgan fingerprint density at radius 2 is 1.85 bits per heavy atom. The molecule has 0 aromatic heterocycles. The van der Waals surface area contributed by atoms with Gasteiger partial charge in [-0.05, 0) is 74.5 Å². The van der Waals surface area contributed by atoms with Crippen molar-refractivity contribution < 1.29 is 27.1 Å². The van der Waals surface area contributed by atoms with Crippen LogP contribution in [-0.4, -0.2) is 33.4 Å². The smallest absolute Gasteiger partial charge is 0.309 e. The standard InChI is InChI=1S/C26H41FO5S/c1-7-8-21(11-9-18(4)19(5)26(28)32-17(2)3)23-14-22(23)16-31-15-20-10-12-25(24(27)13-20)33(6,29)30/h10,12-13,17-19,21-23H,7-9,11,14-16H2,1-6H3. The predicted octanol–water partition coefficient (Wildman–Crippen LogP) is 5.80. The van der Waals surface area contributed by atoms with Gasteiger partial charge in [0, 0.05) is 6.26 Å². The lowest BCUT2D eigenvalue weighted by Gasteiger charge is -2.23. The molecule has 0 N–H and O–H groups in total. The predicted molar refractivity (Wildman–Crippen MR) is 128 cm³/mol. The molecule has 1 aliphatic carbocycles. The molecule has 5 unspecified atom stereocenters. The Morgan fingerprint density at radius 1 is 1.15 bits per heavy atom. The monoisotopic (exact) mass is 484 g/mol. The van der Waals surface area contributed by atoms with E-state index in [1.807, 2.05) is 20.8 Å². The third-order valence-electron chi connectivity index (χ3n) is 6.81. The van der Waals surface area contributed by atoms with E-state index in [2.05, 4.69) is 13.8 Å². The van der Waals surface area contributed by atoms with Crippen LogP contribution in [0.25, 0.3) is 0 Å². The number of benzene rings is 1. The highest BCUT2D eigenvalue weighted by Gasteiger charge is 2.42. The number of hydrogen-bond donors (Lipinski definition) is 0. The molecule has 1 aromatic rings. The molecule has 7 heteroatoms. The van der Waals surface area contributed by atoms with Gasteiger partial charge < -0.3 is 9.47 Å². The van der Waals surface area contributed by atoms with Gasteiger partial charge in [-0.15, -0.1) is 0 Å². The first-order valence-electron chi connectivity index (χ1n) is 12.2. The number of carbonyl (C=O) groups is 1. The maximum Gasteiger partial charge on any atom is 0.309 e. The molecule has 188 valence electrons. The van der Waals surface area contributed by atoms with Crippen LogP contribution in [0, 0.1) is 35.4 Å². The van der Waals surface area contributed by atoms with Gasteiger partial charge in [-0.25, -0.2) is 12.8 Å². The Hall–Kier alpha value is -1.47. The number of carbonyl (C=O) groups excluding carboxylic acids is 1. The Balaban J connectivity index is 1.79. The molecule has 0 heterocycles. The minimum atomic E-state index is -3.57. The first-order chi connectivity index (χ1) is 15.4. The van der Waals surface area contributed by atoms with Gasteiger partial charge in [0.05, 0.1) is 25.2 Å². The maximum absolute atomic E-state index is 14.1. The Morgan fingerprint density at radius 3 is 2.42 bits per heavy atom. The molecule has 2 rings (SSSR count). The second-order valence-electron chi connectivity index (χ2n) is 10.1. The van der Waals surface area contributed by atoms with Crippen molar-refractivity contribution in [2.75, 3.05) is 12.9 Å². The molecule has 5 atom stereocenters. The van der Waals surface area contributed by atoms with Gasteiger partial charge >= 0.3 is 5.97 Å². The summed E-state index contributed by atoms with van der Waals surface area (Å²) in [7, 11) is -3.57.